The second kappa shape index (κ2) is 7.76. The lowest BCUT2D eigenvalue weighted by atomic mass is 10.0. The van der Waals surface area contributed by atoms with E-state index in [2.05, 4.69) is 10.9 Å². The first-order valence-corrected chi connectivity index (χ1v) is 8.47. The molecule has 136 valence electrons. The Hall–Kier alpha value is -2.57. The molecule has 0 bridgehead atoms. The number of ketones is 1. The first kappa shape index (κ1) is 18.2. The molecule has 26 heavy (non-hydrogen) atoms. The number of carbonyl (C=O) groups is 2. The number of esters is 1. The Kier molecular flexibility index (Phi) is 5.44. The number of Topliss-reactive ketones (excluding diaryl/α,β-unsaturated/α-hetero) is 1. The Bertz CT molecular complexity index is 820. The van der Waals surface area contributed by atoms with Crippen molar-refractivity contribution in [3.8, 4) is 0 Å². The highest BCUT2D eigenvalue weighted by Gasteiger charge is 2.31. The van der Waals surface area contributed by atoms with Gasteiger partial charge < -0.3 is 4.74 Å². The van der Waals surface area contributed by atoms with Gasteiger partial charge in [0.25, 0.3) is 0 Å². The van der Waals surface area contributed by atoms with E-state index in [0.717, 1.165) is 16.7 Å². The van der Waals surface area contributed by atoms with Crippen LogP contribution in [0, 0.1) is 19.7 Å². The topological polar surface area (TPSA) is 67.4 Å². The van der Waals surface area contributed by atoms with Gasteiger partial charge in [0, 0.05) is 11.6 Å². The number of benzene rings is 2. The van der Waals surface area contributed by atoms with Crippen LogP contribution in [0.3, 0.4) is 0 Å². The molecule has 0 aliphatic carbocycles. The van der Waals surface area contributed by atoms with Crippen molar-refractivity contribution in [2.45, 2.75) is 32.4 Å². The molecule has 1 heterocycles. The summed E-state index contributed by atoms with van der Waals surface area (Å²) in [6.45, 7) is 3.61. The van der Waals surface area contributed by atoms with Crippen LogP contribution in [0.25, 0.3) is 0 Å². The largest absolute Gasteiger partial charge is 0.456 e. The first-order valence-electron chi connectivity index (χ1n) is 8.47. The third kappa shape index (κ3) is 4.15. The Balaban J connectivity index is 1.53. The molecule has 6 heteroatoms. The fourth-order valence-electron chi connectivity index (χ4n) is 2.86. The molecular weight excluding hydrogens is 335 g/mol. The minimum absolute atomic E-state index is 0.122. The number of rotatable bonds is 5. The van der Waals surface area contributed by atoms with E-state index in [-0.39, 0.29) is 24.2 Å². The predicted molar refractivity (Wildman–Crippen MR) is 95.0 cm³/mol. The second-order valence-electron chi connectivity index (χ2n) is 6.51. The Morgan fingerprint density at radius 2 is 1.81 bits per heavy atom. The molecule has 2 aromatic carbocycles. The van der Waals surface area contributed by atoms with Crippen molar-refractivity contribution >= 4 is 11.8 Å². The van der Waals surface area contributed by atoms with E-state index < -0.39 is 12.0 Å². The monoisotopic (exact) mass is 356 g/mol. The summed E-state index contributed by atoms with van der Waals surface area (Å²) in [5, 5.41) is 0. The van der Waals surface area contributed by atoms with E-state index in [1.54, 1.807) is 24.3 Å². The lowest BCUT2D eigenvalue weighted by molar-refractivity contribution is -0.144. The van der Waals surface area contributed by atoms with Crippen LogP contribution < -0.4 is 10.9 Å². The van der Waals surface area contributed by atoms with Gasteiger partial charge in [-0.15, -0.1) is 0 Å². The van der Waals surface area contributed by atoms with Gasteiger partial charge >= 0.3 is 5.97 Å². The molecule has 0 saturated carbocycles. The smallest absolute Gasteiger partial charge is 0.325 e. The second-order valence-corrected chi connectivity index (χ2v) is 6.51. The summed E-state index contributed by atoms with van der Waals surface area (Å²) in [5.41, 5.74) is 9.40. The number of ether oxygens (including phenoxy) is 1. The van der Waals surface area contributed by atoms with E-state index >= 15 is 0 Å². The quantitative estimate of drug-likeness (QED) is 0.637. The summed E-state index contributed by atoms with van der Waals surface area (Å²) in [6, 6.07) is 10.8. The van der Waals surface area contributed by atoms with Crippen molar-refractivity contribution in [1.82, 2.24) is 10.9 Å². The van der Waals surface area contributed by atoms with Gasteiger partial charge in [0.15, 0.2) is 12.4 Å². The SMILES string of the molecule is Cc1ccc(C(=O)COC(=O)C2CC(c3ccc(F)cc3)NN2)cc1C. The summed E-state index contributed by atoms with van der Waals surface area (Å²) in [7, 11) is 0. The van der Waals surface area contributed by atoms with Crippen molar-refractivity contribution in [1.29, 1.82) is 0 Å². The normalized spacial score (nSPS) is 19.3. The standard InChI is InChI=1S/C20H21FN2O3/c1-12-3-4-15(9-13(12)2)19(24)11-26-20(25)18-10-17(22-23-18)14-5-7-16(21)8-6-14/h3-9,17-18,22-23H,10-11H2,1-2H3. The van der Waals surface area contributed by atoms with Crippen molar-refractivity contribution < 1.29 is 18.7 Å². The first-order chi connectivity index (χ1) is 12.4. The minimum atomic E-state index is -0.558. The van der Waals surface area contributed by atoms with Crippen LogP contribution >= 0.6 is 0 Å². The number of halogens is 1. The number of nitrogens with one attached hydrogen (secondary N) is 2. The van der Waals surface area contributed by atoms with Crippen molar-refractivity contribution in [3.05, 3.63) is 70.5 Å². The van der Waals surface area contributed by atoms with Crippen LogP contribution in [-0.2, 0) is 9.53 Å². The van der Waals surface area contributed by atoms with Gasteiger partial charge in [-0.3, -0.25) is 9.59 Å². The maximum absolute atomic E-state index is 13.0. The molecule has 0 aromatic heterocycles. The van der Waals surface area contributed by atoms with Crippen LogP contribution in [0.5, 0.6) is 0 Å². The fourth-order valence-corrected chi connectivity index (χ4v) is 2.86. The summed E-state index contributed by atoms with van der Waals surface area (Å²) in [5.74, 6) is -1.03. The molecule has 0 radical (unpaired) electrons. The molecule has 2 atom stereocenters. The molecule has 2 unspecified atom stereocenters. The van der Waals surface area contributed by atoms with Gasteiger partial charge in [-0.1, -0.05) is 24.3 Å². The van der Waals surface area contributed by atoms with E-state index in [4.69, 9.17) is 4.74 Å². The van der Waals surface area contributed by atoms with Gasteiger partial charge in [-0.2, -0.15) is 0 Å². The molecule has 3 rings (SSSR count). The van der Waals surface area contributed by atoms with Crippen molar-refractivity contribution in [3.63, 3.8) is 0 Å². The third-order valence-corrected chi connectivity index (χ3v) is 4.63. The van der Waals surface area contributed by atoms with Gasteiger partial charge in [-0.25, -0.2) is 15.2 Å². The van der Waals surface area contributed by atoms with Crippen LogP contribution in [0.1, 0.15) is 39.5 Å². The van der Waals surface area contributed by atoms with Crippen molar-refractivity contribution in [2.75, 3.05) is 6.61 Å². The van der Waals surface area contributed by atoms with E-state index in [0.29, 0.717) is 12.0 Å². The van der Waals surface area contributed by atoms with E-state index in [9.17, 15) is 14.0 Å². The van der Waals surface area contributed by atoms with Crippen LogP contribution in [0.2, 0.25) is 0 Å². The molecule has 1 aliphatic rings. The van der Waals surface area contributed by atoms with E-state index in [1.807, 2.05) is 19.9 Å². The molecule has 1 aliphatic heterocycles. The highest BCUT2D eigenvalue weighted by Crippen LogP contribution is 2.23. The maximum atomic E-state index is 13.0. The van der Waals surface area contributed by atoms with E-state index in [1.165, 1.54) is 12.1 Å². The zero-order chi connectivity index (χ0) is 18.7. The predicted octanol–water partition coefficient (Wildman–Crippen LogP) is 2.78. The molecule has 2 aromatic rings. The van der Waals surface area contributed by atoms with Crippen LogP contribution in [0.15, 0.2) is 42.5 Å². The summed E-state index contributed by atoms with van der Waals surface area (Å²) < 4.78 is 18.2. The summed E-state index contributed by atoms with van der Waals surface area (Å²) in [6.07, 6.45) is 0.461. The summed E-state index contributed by atoms with van der Waals surface area (Å²) in [4.78, 5) is 24.4. The molecule has 1 fully saturated rings. The number of hydrazine groups is 1. The van der Waals surface area contributed by atoms with Gasteiger partial charge in [0.2, 0.25) is 0 Å². The third-order valence-electron chi connectivity index (χ3n) is 4.63. The average Bonchev–Trinajstić information content (AvgIpc) is 3.12. The Morgan fingerprint density at radius 1 is 1.08 bits per heavy atom. The molecule has 5 nitrogen and oxygen atoms in total. The van der Waals surface area contributed by atoms with Crippen molar-refractivity contribution in [2.24, 2.45) is 0 Å². The fraction of sp³-hybridized carbons (Fsp3) is 0.300. The highest BCUT2D eigenvalue weighted by molar-refractivity contribution is 5.98. The molecular formula is C20H21FN2O3. The molecule has 0 amide bonds. The minimum Gasteiger partial charge on any atom is -0.456 e. The summed E-state index contributed by atoms with van der Waals surface area (Å²) >= 11 is 0. The molecule has 2 N–H and O–H groups in total. The maximum Gasteiger partial charge on any atom is 0.325 e. The molecule has 1 saturated heterocycles. The van der Waals surface area contributed by atoms with Crippen LogP contribution in [-0.4, -0.2) is 24.4 Å². The zero-order valence-electron chi connectivity index (χ0n) is 14.7. The van der Waals surface area contributed by atoms with Crippen LogP contribution in [0.4, 0.5) is 4.39 Å². The van der Waals surface area contributed by atoms with Gasteiger partial charge in [-0.05, 0) is 55.2 Å². The highest BCUT2D eigenvalue weighted by atomic mass is 19.1. The molecule has 0 spiro atoms. The number of carbonyl (C=O) groups excluding carboxylic acids is 2. The zero-order valence-corrected chi connectivity index (χ0v) is 14.7. The van der Waals surface area contributed by atoms with Gasteiger partial charge in [0.1, 0.15) is 11.9 Å². The lowest BCUT2D eigenvalue weighted by Gasteiger charge is -2.10. The lowest BCUT2D eigenvalue weighted by Crippen LogP contribution is -2.38. The number of aryl methyl sites for hydroxylation is 2. The Morgan fingerprint density at radius 3 is 2.50 bits per heavy atom. The number of hydrogen-bond acceptors (Lipinski definition) is 5. The number of hydrogen-bond donors (Lipinski definition) is 2. The van der Waals surface area contributed by atoms with Gasteiger partial charge in [0.05, 0.1) is 0 Å². The average molecular weight is 356 g/mol. The Labute approximate surface area is 151 Å².